The van der Waals surface area contributed by atoms with Crippen molar-refractivity contribution in [2.45, 2.75) is 57.6 Å². The summed E-state index contributed by atoms with van der Waals surface area (Å²) in [5.41, 5.74) is 5.62. The van der Waals surface area contributed by atoms with Crippen molar-refractivity contribution in [1.29, 1.82) is 0 Å². The number of amides is 1. The van der Waals surface area contributed by atoms with E-state index in [0.717, 1.165) is 19.6 Å². The number of nitrogens with zero attached hydrogens (tertiary/aromatic N) is 1. The number of carbonyl (C=O) groups is 1. The van der Waals surface area contributed by atoms with E-state index in [1.165, 1.54) is 25.7 Å². The first-order chi connectivity index (χ1) is 9.39. The number of hydrogen-bond donors (Lipinski definition) is 1. The van der Waals surface area contributed by atoms with Crippen LogP contribution in [0.2, 0.25) is 0 Å². The normalized spacial score (nSPS) is 39.4. The van der Waals surface area contributed by atoms with Gasteiger partial charge < -0.3 is 15.4 Å². The Hall–Kier alpha value is -0.610. The molecule has 1 aliphatic heterocycles. The van der Waals surface area contributed by atoms with Crippen molar-refractivity contribution in [3.05, 3.63) is 0 Å². The van der Waals surface area contributed by atoms with Gasteiger partial charge in [0, 0.05) is 31.5 Å². The molecule has 2 aliphatic carbocycles. The first-order valence-corrected chi connectivity index (χ1v) is 8.05. The summed E-state index contributed by atoms with van der Waals surface area (Å²) in [6.07, 6.45) is 6.22. The highest BCUT2D eigenvalue weighted by atomic mass is 16.5. The van der Waals surface area contributed by atoms with Crippen LogP contribution in [-0.2, 0) is 9.53 Å². The molecule has 3 unspecified atom stereocenters. The molecule has 0 radical (unpaired) electrons. The molecule has 3 rings (SSSR count). The third kappa shape index (κ3) is 1.77. The molecule has 2 N–H and O–H groups in total. The zero-order valence-corrected chi connectivity index (χ0v) is 13.0. The summed E-state index contributed by atoms with van der Waals surface area (Å²) in [6, 6.07) is 0. The zero-order valence-electron chi connectivity index (χ0n) is 13.0. The predicted molar refractivity (Wildman–Crippen MR) is 78.1 cm³/mol. The van der Waals surface area contributed by atoms with E-state index < -0.39 is 5.54 Å². The number of nitrogens with two attached hydrogens (primary N) is 1. The topological polar surface area (TPSA) is 55.6 Å². The number of likely N-dealkylation sites (N-methyl/N-ethyl adjacent to an activating group) is 1. The fourth-order valence-electron chi connectivity index (χ4n) is 4.80. The van der Waals surface area contributed by atoms with Crippen LogP contribution in [0, 0.1) is 17.3 Å². The second-order valence-electron chi connectivity index (χ2n) is 7.61. The first kappa shape index (κ1) is 14.3. The van der Waals surface area contributed by atoms with Gasteiger partial charge in [0.05, 0.1) is 6.10 Å². The van der Waals surface area contributed by atoms with Gasteiger partial charge in [-0.3, -0.25) is 4.79 Å². The maximum atomic E-state index is 12.9. The van der Waals surface area contributed by atoms with E-state index in [1.54, 1.807) is 0 Å². The highest BCUT2D eigenvalue weighted by Gasteiger charge is 2.71. The van der Waals surface area contributed by atoms with Gasteiger partial charge in [0.15, 0.2) is 0 Å². The van der Waals surface area contributed by atoms with Crippen molar-refractivity contribution >= 4 is 5.91 Å². The Balaban J connectivity index is 1.72. The fraction of sp³-hybridized carbons (Fsp3) is 0.938. The van der Waals surface area contributed by atoms with Crippen molar-refractivity contribution < 1.29 is 9.53 Å². The summed E-state index contributed by atoms with van der Waals surface area (Å²) < 4.78 is 5.78. The van der Waals surface area contributed by atoms with Crippen LogP contribution in [0.25, 0.3) is 0 Å². The maximum absolute atomic E-state index is 12.9. The highest BCUT2D eigenvalue weighted by Crippen LogP contribution is 2.58. The van der Waals surface area contributed by atoms with Gasteiger partial charge in [0.2, 0.25) is 5.91 Å². The lowest BCUT2D eigenvalue weighted by Gasteiger charge is -2.61. The zero-order chi connectivity index (χ0) is 14.5. The minimum atomic E-state index is -0.735. The van der Waals surface area contributed by atoms with E-state index >= 15 is 0 Å². The van der Waals surface area contributed by atoms with E-state index in [0.29, 0.717) is 5.92 Å². The molecule has 0 aromatic rings. The smallest absolute Gasteiger partial charge is 0.243 e. The van der Waals surface area contributed by atoms with Gasteiger partial charge in [-0.15, -0.1) is 0 Å². The van der Waals surface area contributed by atoms with Gasteiger partial charge in [-0.05, 0) is 25.2 Å². The highest BCUT2D eigenvalue weighted by molar-refractivity contribution is 5.89. The average Bonchev–Trinajstić information content (AvgIpc) is 3.06. The molecule has 4 heteroatoms. The summed E-state index contributed by atoms with van der Waals surface area (Å²) in [4.78, 5) is 14.8. The van der Waals surface area contributed by atoms with Crippen LogP contribution in [0.1, 0.15) is 46.0 Å². The van der Waals surface area contributed by atoms with E-state index in [1.807, 2.05) is 11.9 Å². The van der Waals surface area contributed by atoms with Crippen LogP contribution in [-0.4, -0.2) is 42.6 Å². The second-order valence-corrected chi connectivity index (χ2v) is 7.61. The van der Waals surface area contributed by atoms with Crippen molar-refractivity contribution in [3.63, 3.8) is 0 Å². The molecular formula is C16H28N2O2. The number of hydrogen-bond acceptors (Lipinski definition) is 3. The van der Waals surface area contributed by atoms with Gasteiger partial charge in [-0.1, -0.05) is 26.7 Å². The van der Waals surface area contributed by atoms with Crippen LogP contribution in [0.5, 0.6) is 0 Å². The van der Waals surface area contributed by atoms with Crippen LogP contribution in [0.4, 0.5) is 0 Å². The molecule has 0 spiro atoms. The van der Waals surface area contributed by atoms with Crippen molar-refractivity contribution in [1.82, 2.24) is 4.90 Å². The maximum Gasteiger partial charge on any atom is 0.243 e. The van der Waals surface area contributed by atoms with E-state index in [-0.39, 0.29) is 23.3 Å². The Morgan fingerprint density at radius 3 is 2.60 bits per heavy atom. The lowest BCUT2D eigenvalue weighted by molar-refractivity contribution is -0.183. The van der Waals surface area contributed by atoms with Crippen LogP contribution in [0.3, 0.4) is 0 Å². The summed E-state index contributed by atoms with van der Waals surface area (Å²) in [5.74, 6) is 1.00. The van der Waals surface area contributed by atoms with Crippen LogP contribution < -0.4 is 5.73 Å². The van der Waals surface area contributed by atoms with Gasteiger partial charge in [0.25, 0.3) is 0 Å². The molecule has 3 fully saturated rings. The molecule has 1 heterocycles. The fourth-order valence-corrected chi connectivity index (χ4v) is 4.80. The summed E-state index contributed by atoms with van der Waals surface area (Å²) in [6.45, 7) is 5.78. The molecule has 0 aromatic carbocycles. The van der Waals surface area contributed by atoms with E-state index in [9.17, 15) is 4.79 Å². The Labute approximate surface area is 122 Å². The molecule has 0 aromatic heterocycles. The lowest BCUT2D eigenvalue weighted by Crippen LogP contribution is -2.80. The number of rotatable bonds is 3. The first-order valence-electron chi connectivity index (χ1n) is 8.05. The average molecular weight is 280 g/mol. The molecule has 2 saturated carbocycles. The predicted octanol–water partition coefficient (Wildman–Crippen LogP) is 1.78. The Morgan fingerprint density at radius 2 is 1.95 bits per heavy atom. The van der Waals surface area contributed by atoms with Gasteiger partial charge in [-0.2, -0.15) is 0 Å². The minimum absolute atomic E-state index is 0.126. The molecule has 1 saturated heterocycles. The quantitative estimate of drug-likeness (QED) is 0.857. The SMILES string of the molecule is CN(CC1CCCC1)C(=O)C1(N)C2CCOC2C1(C)C. The molecule has 0 bridgehead atoms. The summed E-state index contributed by atoms with van der Waals surface area (Å²) >= 11 is 0. The molecule has 4 nitrogen and oxygen atoms in total. The third-order valence-corrected chi connectivity index (χ3v) is 6.16. The Morgan fingerprint density at radius 1 is 1.30 bits per heavy atom. The molecular weight excluding hydrogens is 252 g/mol. The van der Waals surface area contributed by atoms with E-state index in [4.69, 9.17) is 10.5 Å². The van der Waals surface area contributed by atoms with Crippen molar-refractivity contribution in [2.24, 2.45) is 23.0 Å². The molecule has 3 aliphatic rings. The van der Waals surface area contributed by atoms with Gasteiger partial charge in [0.1, 0.15) is 5.54 Å². The lowest BCUT2D eigenvalue weighted by atomic mass is 9.47. The Kier molecular flexibility index (Phi) is 3.37. The molecule has 114 valence electrons. The van der Waals surface area contributed by atoms with Gasteiger partial charge in [-0.25, -0.2) is 0 Å². The Bertz CT molecular complexity index is 403. The molecule has 1 amide bonds. The standard InChI is InChI=1S/C16H28N2O2/c1-15(2)13-12(8-9-20-13)16(15,17)14(19)18(3)10-11-6-4-5-7-11/h11-13H,4-10,17H2,1-3H3. The monoisotopic (exact) mass is 280 g/mol. The van der Waals surface area contributed by atoms with E-state index in [2.05, 4.69) is 13.8 Å². The summed E-state index contributed by atoms with van der Waals surface area (Å²) in [7, 11) is 1.93. The second kappa shape index (κ2) is 4.70. The number of ether oxygens (including phenoxy) is 1. The van der Waals surface area contributed by atoms with Crippen molar-refractivity contribution in [2.75, 3.05) is 20.2 Å². The molecule has 20 heavy (non-hydrogen) atoms. The van der Waals surface area contributed by atoms with Crippen LogP contribution >= 0.6 is 0 Å². The third-order valence-electron chi connectivity index (χ3n) is 6.16. The number of carbonyl (C=O) groups excluding carboxylic acids is 1. The largest absolute Gasteiger partial charge is 0.377 e. The summed E-state index contributed by atoms with van der Waals surface area (Å²) in [5, 5.41) is 0. The van der Waals surface area contributed by atoms with Gasteiger partial charge >= 0.3 is 0 Å². The van der Waals surface area contributed by atoms with Crippen LogP contribution in [0.15, 0.2) is 0 Å². The van der Waals surface area contributed by atoms with Crippen molar-refractivity contribution in [3.8, 4) is 0 Å². The minimum Gasteiger partial charge on any atom is -0.377 e. The molecule has 3 atom stereocenters. The number of fused-ring (bicyclic) bond motifs is 1.